The van der Waals surface area contributed by atoms with Crippen LogP contribution in [0.25, 0.3) is 0 Å². The molecule has 28 heavy (non-hydrogen) atoms. The normalized spacial score (nSPS) is 12.0. The van der Waals surface area contributed by atoms with Gasteiger partial charge in [-0.2, -0.15) is 0 Å². The number of hydrogen-bond donors (Lipinski definition) is 2. The van der Waals surface area contributed by atoms with Crippen molar-refractivity contribution in [2.45, 2.75) is 66.2 Å². The first kappa shape index (κ1) is 27.1. The average molecular weight is 504 g/mol. The highest BCUT2D eigenvalue weighted by Gasteiger charge is 2.12. The van der Waals surface area contributed by atoms with Crippen molar-refractivity contribution >= 4 is 29.9 Å². The zero-order valence-electron chi connectivity index (χ0n) is 19.0. The lowest BCUT2D eigenvalue weighted by molar-refractivity contribution is 0.173. The minimum absolute atomic E-state index is 0. The monoisotopic (exact) mass is 503 g/mol. The summed E-state index contributed by atoms with van der Waals surface area (Å²) in [5, 5.41) is 6.81. The van der Waals surface area contributed by atoms with Crippen molar-refractivity contribution in [3.63, 3.8) is 0 Å². The number of aliphatic imine (C=N–C) groups is 1. The summed E-state index contributed by atoms with van der Waals surface area (Å²) in [6.07, 6.45) is 1.11. The first-order chi connectivity index (χ1) is 12.8. The highest BCUT2D eigenvalue weighted by Crippen LogP contribution is 2.07. The summed E-state index contributed by atoms with van der Waals surface area (Å²) in [6, 6.07) is 9.91. The molecule has 2 N–H and O–H groups in total. The smallest absolute Gasteiger partial charge is 0.191 e. The Labute approximate surface area is 190 Å². The van der Waals surface area contributed by atoms with E-state index in [1.807, 2.05) is 0 Å². The largest absolute Gasteiger partial charge is 0.357 e. The van der Waals surface area contributed by atoms with E-state index in [9.17, 15) is 0 Å². The summed E-state index contributed by atoms with van der Waals surface area (Å²) in [5.74, 6) is 0.899. The van der Waals surface area contributed by atoms with Crippen LogP contribution in [0, 0.1) is 0 Å². The summed E-state index contributed by atoms with van der Waals surface area (Å²) < 4.78 is 0. The summed E-state index contributed by atoms with van der Waals surface area (Å²) in [6.45, 7) is 15.7. The fourth-order valence-corrected chi connectivity index (χ4v) is 3.21. The quantitative estimate of drug-likeness (QED) is 0.208. The van der Waals surface area contributed by atoms with E-state index in [4.69, 9.17) is 4.99 Å². The van der Waals surface area contributed by atoms with Crippen molar-refractivity contribution < 1.29 is 0 Å². The van der Waals surface area contributed by atoms with Gasteiger partial charge in [0.25, 0.3) is 0 Å². The second kappa shape index (κ2) is 15.0. The summed E-state index contributed by atoms with van der Waals surface area (Å²) in [7, 11) is 4.18. The molecule has 0 fully saturated rings. The van der Waals surface area contributed by atoms with Crippen LogP contribution in [0.1, 0.15) is 52.2 Å². The van der Waals surface area contributed by atoms with Gasteiger partial charge >= 0.3 is 0 Å². The van der Waals surface area contributed by atoms with E-state index >= 15 is 0 Å². The highest BCUT2D eigenvalue weighted by molar-refractivity contribution is 14.0. The Kier molecular flexibility index (Phi) is 14.6. The number of hydrogen-bond acceptors (Lipinski definition) is 3. The third kappa shape index (κ3) is 11.2. The van der Waals surface area contributed by atoms with Crippen molar-refractivity contribution in [2.24, 2.45) is 4.99 Å². The van der Waals surface area contributed by atoms with Crippen LogP contribution in [0.3, 0.4) is 0 Å². The van der Waals surface area contributed by atoms with E-state index in [0.29, 0.717) is 18.6 Å². The molecule has 162 valence electrons. The molecular weight excluding hydrogens is 461 g/mol. The van der Waals surface area contributed by atoms with Crippen molar-refractivity contribution in [2.75, 3.05) is 33.7 Å². The topological polar surface area (TPSA) is 42.9 Å². The molecule has 5 nitrogen and oxygen atoms in total. The third-order valence-corrected chi connectivity index (χ3v) is 4.50. The molecule has 0 saturated heterocycles. The Morgan fingerprint density at radius 3 is 2.04 bits per heavy atom. The number of benzene rings is 1. The molecule has 0 bridgehead atoms. The highest BCUT2D eigenvalue weighted by atomic mass is 127. The van der Waals surface area contributed by atoms with Gasteiger partial charge in [-0.25, -0.2) is 4.99 Å². The molecule has 0 aliphatic rings. The van der Waals surface area contributed by atoms with Crippen LogP contribution in [0.15, 0.2) is 29.3 Å². The summed E-state index contributed by atoms with van der Waals surface area (Å²) in [5.41, 5.74) is 2.57. The first-order valence-electron chi connectivity index (χ1n) is 10.3. The van der Waals surface area contributed by atoms with E-state index in [0.717, 1.165) is 38.6 Å². The number of nitrogens with one attached hydrogen (secondary N) is 2. The molecule has 0 spiro atoms. The molecule has 0 radical (unpaired) electrons. The van der Waals surface area contributed by atoms with E-state index in [-0.39, 0.29) is 24.0 Å². The molecule has 0 amide bonds. The van der Waals surface area contributed by atoms with Crippen molar-refractivity contribution in [3.05, 3.63) is 35.4 Å². The number of guanidine groups is 1. The molecular formula is C22H42IN5. The summed E-state index contributed by atoms with van der Waals surface area (Å²) >= 11 is 0. The number of nitrogens with zero attached hydrogens (tertiary/aromatic N) is 3. The molecule has 0 aliphatic heterocycles. The Morgan fingerprint density at radius 1 is 0.964 bits per heavy atom. The van der Waals surface area contributed by atoms with E-state index in [1.54, 1.807) is 0 Å². The van der Waals surface area contributed by atoms with Crippen LogP contribution < -0.4 is 10.6 Å². The van der Waals surface area contributed by atoms with Gasteiger partial charge in [0.1, 0.15) is 0 Å². The SMILES string of the molecule is CCNC(=NCc1ccc(CN(C)C)cc1)NCCCN(C(C)C)C(C)C.I. The maximum absolute atomic E-state index is 4.73. The number of rotatable bonds is 11. The van der Waals surface area contributed by atoms with Crippen LogP contribution in [0.2, 0.25) is 0 Å². The lowest BCUT2D eigenvalue weighted by Gasteiger charge is -2.30. The van der Waals surface area contributed by atoms with Crippen LogP contribution in [0.5, 0.6) is 0 Å². The Bertz CT molecular complexity index is 532. The van der Waals surface area contributed by atoms with Gasteiger partial charge in [0.05, 0.1) is 6.54 Å². The van der Waals surface area contributed by atoms with Crippen LogP contribution in [0.4, 0.5) is 0 Å². The Morgan fingerprint density at radius 2 is 1.54 bits per heavy atom. The van der Waals surface area contributed by atoms with E-state index < -0.39 is 0 Å². The standard InChI is InChI=1S/C22H41N5.HI/c1-8-23-22(24-14-9-15-27(18(2)3)19(4)5)25-16-20-10-12-21(13-11-20)17-26(6)7;/h10-13,18-19H,8-9,14-17H2,1-7H3,(H2,23,24,25);1H. The first-order valence-corrected chi connectivity index (χ1v) is 10.3. The van der Waals surface area contributed by atoms with E-state index in [1.165, 1.54) is 11.1 Å². The number of halogens is 1. The predicted octanol–water partition coefficient (Wildman–Crippen LogP) is 3.93. The molecule has 6 heteroatoms. The van der Waals surface area contributed by atoms with Crippen LogP contribution in [-0.4, -0.2) is 61.6 Å². The molecule has 0 atom stereocenters. The molecule has 0 aliphatic carbocycles. The second-order valence-corrected chi connectivity index (χ2v) is 7.96. The lowest BCUT2D eigenvalue weighted by Crippen LogP contribution is -2.41. The van der Waals surface area contributed by atoms with Crippen molar-refractivity contribution in [1.82, 2.24) is 20.4 Å². The van der Waals surface area contributed by atoms with Crippen LogP contribution in [-0.2, 0) is 13.1 Å². The Balaban J connectivity index is 0.00000729. The third-order valence-electron chi connectivity index (χ3n) is 4.50. The molecule has 0 saturated carbocycles. The molecule has 0 unspecified atom stereocenters. The van der Waals surface area contributed by atoms with Crippen molar-refractivity contribution in [3.8, 4) is 0 Å². The predicted molar refractivity (Wildman–Crippen MR) is 134 cm³/mol. The van der Waals surface area contributed by atoms with Gasteiger partial charge in [0, 0.05) is 38.3 Å². The fourth-order valence-electron chi connectivity index (χ4n) is 3.21. The van der Waals surface area contributed by atoms with Gasteiger partial charge in [-0.3, -0.25) is 4.90 Å². The molecule has 1 aromatic rings. The van der Waals surface area contributed by atoms with Gasteiger partial charge < -0.3 is 15.5 Å². The van der Waals surface area contributed by atoms with Crippen LogP contribution >= 0.6 is 24.0 Å². The van der Waals surface area contributed by atoms with Gasteiger partial charge in [-0.1, -0.05) is 24.3 Å². The minimum atomic E-state index is 0. The summed E-state index contributed by atoms with van der Waals surface area (Å²) in [4.78, 5) is 9.44. The van der Waals surface area contributed by atoms with Gasteiger partial charge in [-0.05, 0) is 66.3 Å². The second-order valence-electron chi connectivity index (χ2n) is 7.96. The minimum Gasteiger partial charge on any atom is -0.357 e. The maximum atomic E-state index is 4.73. The Hall–Kier alpha value is -0.860. The molecule has 1 aromatic carbocycles. The maximum Gasteiger partial charge on any atom is 0.191 e. The zero-order chi connectivity index (χ0) is 20.2. The fraction of sp³-hybridized carbons (Fsp3) is 0.682. The lowest BCUT2D eigenvalue weighted by atomic mass is 10.1. The average Bonchev–Trinajstić information content (AvgIpc) is 2.59. The van der Waals surface area contributed by atoms with Gasteiger partial charge in [-0.15, -0.1) is 24.0 Å². The van der Waals surface area contributed by atoms with Gasteiger partial charge in [0.2, 0.25) is 0 Å². The molecule has 0 aromatic heterocycles. The van der Waals surface area contributed by atoms with Crippen molar-refractivity contribution in [1.29, 1.82) is 0 Å². The van der Waals surface area contributed by atoms with Gasteiger partial charge in [0.15, 0.2) is 5.96 Å². The molecule has 1 rings (SSSR count). The molecule has 0 heterocycles. The van der Waals surface area contributed by atoms with E-state index in [2.05, 4.69) is 93.4 Å². The zero-order valence-corrected chi connectivity index (χ0v) is 21.3.